The highest BCUT2D eigenvalue weighted by Crippen LogP contribution is 2.35. The average Bonchev–Trinajstić information content (AvgIpc) is 2.75. The zero-order valence-electron chi connectivity index (χ0n) is 12.3. The fourth-order valence-corrected chi connectivity index (χ4v) is 3.38. The summed E-state index contributed by atoms with van der Waals surface area (Å²) in [5, 5.41) is 12.5. The molecule has 0 aromatic rings. The molecule has 3 unspecified atom stereocenters. The van der Waals surface area contributed by atoms with Gasteiger partial charge in [-0.05, 0) is 30.6 Å². The third kappa shape index (κ3) is 3.69. The third-order valence-electron chi connectivity index (χ3n) is 4.62. The van der Waals surface area contributed by atoms with Crippen molar-refractivity contribution in [3.63, 3.8) is 0 Å². The monoisotopic (exact) mass is 269 g/mol. The first-order chi connectivity index (χ1) is 8.97. The second kappa shape index (κ2) is 6.23. The van der Waals surface area contributed by atoms with Gasteiger partial charge in [-0.2, -0.15) is 0 Å². The lowest BCUT2D eigenvalue weighted by Gasteiger charge is -2.37. The topological polar surface area (TPSA) is 58.6 Å². The number of hydrogen-bond donors (Lipinski definition) is 2. The van der Waals surface area contributed by atoms with Gasteiger partial charge < -0.3 is 15.2 Å². The maximum Gasteiger partial charge on any atom is 0.323 e. The highest BCUT2D eigenvalue weighted by molar-refractivity contribution is 5.76. The smallest absolute Gasteiger partial charge is 0.323 e. The molecule has 2 N–H and O–H groups in total. The van der Waals surface area contributed by atoms with Crippen LogP contribution in [0.5, 0.6) is 0 Å². The highest BCUT2D eigenvalue weighted by Gasteiger charge is 2.36. The fourth-order valence-electron chi connectivity index (χ4n) is 3.38. The number of esters is 1. The highest BCUT2D eigenvalue weighted by atomic mass is 16.5. The van der Waals surface area contributed by atoms with E-state index in [2.05, 4.69) is 26.1 Å². The van der Waals surface area contributed by atoms with E-state index in [9.17, 15) is 9.90 Å². The van der Waals surface area contributed by atoms with Crippen LogP contribution in [-0.4, -0.2) is 35.9 Å². The molecule has 5 atom stereocenters. The van der Waals surface area contributed by atoms with E-state index >= 15 is 0 Å². The van der Waals surface area contributed by atoms with Gasteiger partial charge >= 0.3 is 5.97 Å². The zero-order chi connectivity index (χ0) is 14.0. The van der Waals surface area contributed by atoms with Gasteiger partial charge in [0.1, 0.15) is 12.1 Å². The minimum Gasteiger partial charge on any atom is -0.461 e. The quantitative estimate of drug-likeness (QED) is 0.766. The summed E-state index contributed by atoms with van der Waals surface area (Å²) in [6.45, 7) is 7.14. The maximum absolute atomic E-state index is 12.1. The number of carbonyl (C=O) groups excluding carboxylic acids is 1. The Kier molecular flexibility index (Phi) is 4.85. The molecular formula is C15H27NO3. The van der Waals surface area contributed by atoms with E-state index in [0.717, 1.165) is 12.8 Å². The Bertz CT molecular complexity index is 319. The van der Waals surface area contributed by atoms with Gasteiger partial charge in [0, 0.05) is 13.0 Å². The van der Waals surface area contributed by atoms with Gasteiger partial charge in [-0.3, -0.25) is 4.79 Å². The third-order valence-corrected chi connectivity index (χ3v) is 4.62. The molecule has 0 spiro atoms. The molecule has 110 valence electrons. The minimum absolute atomic E-state index is 0.0517. The largest absolute Gasteiger partial charge is 0.461 e. The van der Waals surface area contributed by atoms with E-state index in [1.54, 1.807) is 0 Å². The van der Waals surface area contributed by atoms with Crippen molar-refractivity contribution in [1.82, 2.24) is 5.32 Å². The summed E-state index contributed by atoms with van der Waals surface area (Å²) in [4.78, 5) is 12.1. The molecule has 1 saturated heterocycles. The molecule has 0 aromatic carbocycles. The van der Waals surface area contributed by atoms with Crippen LogP contribution in [0.4, 0.5) is 0 Å². The van der Waals surface area contributed by atoms with Crippen LogP contribution < -0.4 is 5.32 Å². The average molecular weight is 269 g/mol. The molecule has 4 heteroatoms. The van der Waals surface area contributed by atoms with E-state index < -0.39 is 6.10 Å². The lowest BCUT2D eigenvalue weighted by Crippen LogP contribution is -2.40. The van der Waals surface area contributed by atoms with Crippen molar-refractivity contribution < 1.29 is 14.6 Å². The van der Waals surface area contributed by atoms with Crippen molar-refractivity contribution in [1.29, 1.82) is 0 Å². The van der Waals surface area contributed by atoms with Crippen LogP contribution in [0.3, 0.4) is 0 Å². The molecule has 0 amide bonds. The minimum atomic E-state index is -0.413. The van der Waals surface area contributed by atoms with Crippen molar-refractivity contribution in [2.75, 3.05) is 6.54 Å². The van der Waals surface area contributed by atoms with Crippen LogP contribution in [0.2, 0.25) is 0 Å². The summed E-state index contributed by atoms with van der Waals surface area (Å²) in [7, 11) is 0. The number of rotatable bonds is 3. The van der Waals surface area contributed by atoms with Gasteiger partial charge in [-0.1, -0.05) is 27.2 Å². The summed E-state index contributed by atoms with van der Waals surface area (Å²) >= 11 is 0. The van der Waals surface area contributed by atoms with Gasteiger partial charge in [0.2, 0.25) is 0 Å². The Morgan fingerprint density at radius 3 is 2.63 bits per heavy atom. The number of nitrogens with one attached hydrogen (secondary N) is 1. The predicted octanol–water partition coefficient (Wildman–Crippen LogP) is 1.71. The van der Waals surface area contributed by atoms with Crippen LogP contribution in [-0.2, 0) is 9.53 Å². The van der Waals surface area contributed by atoms with Crippen molar-refractivity contribution in [2.24, 2.45) is 17.8 Å². The molecule has 4 nitrogen and oxygen atoms in total. The Hall–Kier alpha value is -0.610. The number of ether oxygens (including phenoxy) is 1. The van der Waals surface area contributed by atoms with E-state index in [0.29, 0.717) is 30.7 Å². The number of aliphatic hydroxyl groups is 1. The number of hydrogen-bond acceptors (Lipinski definition) is 4. The number of carbonyl (C=O) groups is 1. The first-order valence-electron chi connectivity index (χ1n) is 7.59. The van der Waals surface area contributed by atoms with E-state index in [1.807, 2.05) is 0 Å². The Labute approximate surface area is 115 Å². The first kappa shape index (κ1) is 14.8. The second-order valence-electron chi connectivity index (χ2n) is 6.65. The summed E-state index contributed by atoms with van der Waals surface area (Å²) < 4.78 is 5.76. The van der Waals surface area contributed by atoms with Gasteiger partial charge in [0.15, 0.2) is 0 Å². The van der Waals surface area contributed by atoms with Crippen LogP contribution in [0, 0.1) is 17.8 Å². The summed E-state index contributed by atoms with van der Waals surface area (Å²) in [5.41, 5.74) is 0. The predicted molar refractivity (Wildman–Crippen MR) is 73.6 cm³/mol. The molecule has 0 radical (unpaired) electrons. The lowest BCUT2D eigenvalue weighted by atomic mass is 9.75. The molecule has 1 saturated carbocycles. The van der Waals surface area contributed by atoms with Crippen molar-refractivity contribution in [2.45, 2.75) is 64.7 Å². The summed E-state index contributed by atoms with van der Waals surface area (Å²) in [6.07, 6.45) is 3.48. The molecular weight excluding hydrogens is 242 g/mol. The standard InChI is InChI=1S/C15H27NO3/c1-9(2)12-5-4-10(3)6-14(12)19-15(18)13-7-11(17)8-16-13/h9-14,16-17H,4-8H2,1-3H3/t10?,11-,12?,13-,14?/m1/s1. The van der Waals surface area contributed by atoms with Gasteiger partial charge in [-0.15, -0.1) is 0 Å². The molecule has 2 rings (SSSR count). The normalized spacial score (nSPS) is 39.5. The Morgan fingerprint density at radius 2 is 2.05 bits per heavy atom. The van der Waals surface area contributed by atoms with Gasteiger partial charge in [0.05, 0.1) is 6.10 Å². The van der Waals surface area contributed by atoms with Crippen LogP contribution >= 0.6 is 0 Å². The number of β-amino-alcohol motifs (C(OH)–C–C–N with tert-alkyl or cyclic N) is 1. The zero-order valence-corrected chi connectivity index (χ0v) is 12.3. The fraction of sp³-hybridized carbons (Fsp3) is 0.933. The SMILES string of the molecule is CC1CCC(C(C)C)C(OC(=O)[C@H]2C[C@@H](O)CN2)C1. The summed E-state index contributed by atoms with van der Waals surface area (Å²) in [6, 6.07) is -0.319. The molecule has 2 aliphatic rings. The van der Waals surface area contributed by atoms with Gasteiger partial charge in [0.25, 0.3) is 0 Å². The first-order valence-corrected chi connectivity index (χ1v) is 7.59. The van der Waals surface area contributed by atoms with E-state index in [4.69, 9.17) is 4.74 Å². The van der Waals surface area contributed by atoms with Crippen LogP contribution in [0.15, 0.2) is 0 Å². The molecule has 1 aliphatic carbocycles. The Balaban J connectivity index is 1.92. The number of aliphatic hydroxyl groups excluding tert-OH is 1. The van der Waals surface area contributed by atoms with E-state index in [-0.39, 0.29) is 18.1 Å². The Morgan fingerprint density at radius 1 is 1.32 bits per heavy atom. The molecule has 0 bridgehead atoms. The van der Waals surface area contributed by atoms with Crippen molar-refractivity contribution in [3.8, 4) is 0 Å². The molecule has 19 heavy (non-hydrogen) atoms. The lowest BCUT2D eigenvalue weighted by molar-refractivity contribution is -0.158. The van der Waals surface area contributed by atoms with Crippen LogP contribution in [0.1, 0.15) is 46.5 Å². The second-order valence-corrected chi connectivity index (χ2v) is 6.65. The van der Waals surface area contributed by atoms with Crippen molar-refractivity contribution in [3.05, 3.63) is 0 Å². The molecule has 1 heterocycles. The maximum atomic E-state index is 12.1. The van der Waals surface area contributed by atoms with Crippen molar-refractivity contribution >= 4 is 5.97 Å². The van der Waals surface area contributed by atoms with E-state index in [1.165, 1.54) is 6.42 Å². The summed E-state index contributed by atoms with van der Waals surface area (Å²) in [5.74, 6) is 1.48. The van der Waals surface area contributed by atoms with Crippen LogP contribution in [0.25, 0.3) is 0 Å². The molecule has 0 aromatic heterocycles. The molecule has 1 aliphatic heterocycles. The molecule has 2 fully saturated rings. The van der Waals surface area contributed by atoms with Gasteiger partial charge in [-0.25, -0.2) is 0 Å².